The van der Waals surface area contributed by atoms with Crippen molar-refractivity contribution in [2.45, 2.75) is 25.2 Å². The van der Waals surface area contributed by atoms with Crippen LogP contribution >= 0.6 is 0 Å². The fourth-order valence-corrected chi connectivity index (χ4v) is 11.7. The lowest BCUT2D eigenvalue weighted by Crippen LogP contribution is -2.24. The van der Waals surface area contributed by atoms with Crippen LogP contribution < -0.4 is 4.90 Å². The standard InChI is InChI=1S/C65H48N2/c1-65(2)59-27-15-13-21-51(59)52-39-38-50(42-60(52)65)66(47-19-7-4-8-20-47)48-34-29-43(30-35-48)46-33-40-62-58(41-46)53-22-14-16-28-61(53)67(62)49-36-31-45(32-37-49)64-56-25-11-9-23-54(56)63(44-17-5-3-6-18-44)55-24-10-12-26-57(55)64/h3-42,51,59H,1-2H3. The van der Waals surface area contributed by atoms with Crippen molar-refractivity contribution in [3.63, 3.8) is 0 Å². The first-order valence-electron chi connectivity index (χ1n) is 23.6. The van der Waals surface area contributed by atoms with Crippen molar-refractivity contribution in [1.82, 2.24) is 4.57 Å². The van der Waals surface area contributed by atoms with Crippen LogP contribution in [0.5, 0.6) is 0 Å². The molecule has 2 aliphatic rings. The number of nitrogens with zero attached hydrogens (tertiary/aromatic N) is 2. The molecule has 1 aromatic heterocycles. The maximum absolute atomic E-state index is 2.45. The maximum atomic E-state index is 2.45. The Morgan fingerprint density at radius 2 is 0.896 bits per heavy atom. The zero-order valence-corrected chi connectivity index (χ0v) is 37.6. The predicted molar refractivity (Wildman–Crippen MR) is 284 cm³/mol. The summed E-state index contributed by atoms with van der Waals surface area (Å²) < 4.78 is 2.42. The average molecular weight is 857 g/mol. The van der Waals surface area contributed by atoms with Crippen molar-refractivity contribution in [3.05, 3.63) is 254 Å². The second kappa shape index (κ2) is 15.5. The number of anilines is 3. The summed E-state index contributed by atoms with van der Waals surface area (Å²) in [6, 6.07) is 80.6. The summed E-state index contributed by atoms with van der Waals surface area (Å²) in [5, 5.41) is 7.55. The minimum Gasteiger partial charge on any atom is -0.310 e. The van der Waals surface area contributed by atoms with Gasteiger partial charge in [-0.15, -0.1) is 0 Å². The Kier molecular flexibility index (Phi) is 9.05. The normalized spacial score (nSPS) is 15.9. The van der Waals surface area contributed by atoms with Crippen LogP contribution in [0, 0.1) is 5.92 Å². The van der Waals surface area contributed by atoms with Gasteiger partial charge in [-0.2, -0.15) is 0 Å². The van der Waals surface area contributed by atoms with Gasteiger partial charge in [0.15, 0.2) is 0 Å². The maximum Gasteiger partial charge on any atom is 0.0541 e. The molecule has 0 aliphatic heterocycles. The fourth-order valence-electron chi connectivity index (χ4n) is 11.7. The van der Waals surface area contributed by atoms with Gasteiger partial charge in [0.2, 0.25) is 0 Å². The quantitative estimate of drug-likeness (QED) is 0.145. The second-order valence-electron chi connectivity index (χ2n) is 18.9. The zero-order valence-electron chi connectivity index (χ0n) is 37.6. The minimum atomic E-state index is 0.0370. The molecule has 0 spiro atoms. The predicted octanol–water partition coefficient (Wildman–Crippen LogP) is 17.7. The third-order valence-electron chi connectivity index (χ3n) is 14.9. The van der Waals surface area contributed by atoms with Gasteiger partial charge in [0.05, 0.1) is 11.0 Å². The van der Waals surface area contributed by atoms with E-state index < -0.39 is 0 Å². The Bertz CT molecular complexity index is 3700. The van der Waals surface area contributed by atoms with Crippen molar-refractivity contribution < 1.29 is 0 Å². The number of para-hydroxylation sites is 2. The van der Waals surface area contributed by atoms with Gasteiger partial charge in [0.25, 0.3) is 0 Å². The molecule has 2 nitrogen and oxygen atoms in total. The van der Waals surface area contributed by atoms with Crippen LogP contribution in [-0.2, 0) is 5.41 Å². The van der Waals surface area contributed by atoms with Crippen LogP contribution in [-0.4, -0.2) is 4.57 Å². The first kappa shape index (κ1) is 39.2. The molecule has 2 heteroatoms. The number of benzene rings is 10. The highest BCUT2D eigenvalue weighted by atomic mass is 15.1. The first-order chi connectivity index (χ1) is 33.0. The van der Waals surface area contributed by atoms with Gasteiger partial charge in [-0.3, -0.25) is 0 Å². The molecule has 0 radical (unpaired) electrons. The molecule has 0 N–H and O–H groups in total. The molecule has 10 aromatic carbocycles. The first-order valence-corrected chi connectivity index (χ1v) is 23.6. The number of aromatic nitrogens is 1. The van der Waals surface area contributed by atoms with E-state index in [2.05, 4.69) is 266 Å². The van der Waals surface area contributed by atoms with E-state index >= 15 is 0 Å². The topological polar surface area (TPSA) is 8.17 Å². The summed E-state index contributed by atoms with van der Waals surface area (Å²) in [4.78, 5) is 2.40. The lowest BCUT2D eigenvalue weighted by molar-refractivity contribution is 0.394. The summed E-state index contributed by atoms with van der Waals surface area (Å²) in [7, 11) is 0. The van der Waals surface area contributed by atoms with Crippen LogP contribution in [0.25, 0.3) is 82.4 Å². The van der Waals surface area contributed by atoms with Crippen LogP contribution in [0.1, 0.15) is 30.9 Å². The SMILES string of the molecule is CC1(C)c2cc(N(c3ccccc3)c3ccc(-c4ccc5c(c4)c4ccccc4n5-c4ccc(-c5c6ccccc6c(-c6ccccc6)c6ccccc56)cc4)cc3)ccc2C2C=CC=CC21. The molecule has 13 rings (SSSR count). The molecule has 1 heterocycles. The van der Waals surface area contributed by atoms with E-state index in [0.29, 0.717) is 11.8 Å². The van der Waals surface area contributed by atoms with E-state index in [9.17, 15) is 0 Å². The number of fused-ring (bicyclic) bond motifs is 8. The Labute approximate surface area is 392 Å². The number of hydrogen-bond donors (Lipinski definition) is 0. The van der Waals surface area contributed by atoms with Crippen molar-refractivity contribution in [1.29, 1.82) is 0 Å². The molecule has 0 saturated carbocycles. The zero-order chi connectivity index (χ0) is 44.6. The van der Waals surface area contributed by atoms with Gasteiger partial charge >= 0.3 is 0 Å². The molecule has 0 fully saturated rings. The van der Waals surface area contributed by atoms with Crippen molar-refractivity contribution in [2.75, 3.05) is 4.90 Å². The molecular weight excluding hydrogens is 809 g/mol. The van der Waals surface area contributed by atoms with E-state index in [-0.39, 0.29) is 5.41 Å². The molecule has 2 atom stereocenters. The van der Waals surface area contributed by atoms with Crippen LogP contribution in [0.3, 0.4) is 0 Å². The largest absolute Gasteiger partial charge is 0.310 e. The molecule has 0 saturated heterocycles. The van der Waals surface area contributed by atoms with E-state index in [1.54, 1.807) is 0 Å². The summed E-state index contributed by atoms with van der Waals surface area (Å²) in [5.41, 5.74) is 17.3. The number of hydrogen-bond acceptors (Lipinski definition) is 1. The molecule has 2 unspecified atom stereocenters. The lowest BCUT2D eigenvalue weighted by Gasteiger charge is -2.30. The van der Waals surface area contributed by atoms with Crippen LogP contribution in [0.4, 0.5) is 17.1 Å². The van der Waals surface area contributed by atoms with Gasteiger partial charge < -0.3 is 9.47 Å². The number of rotatable bonds is 7. The van der Waals surface area contributed by atoms with Gasteiger partial charge in [-0.05, 0) is 144 Å². The Morgan fingerprint density at radius 3 is 1.57 bits per heavy atom. The highest BCUT2D eigenvalue weighted by Crippen LogP contribution is 2.54. The Morgan fingerprint density at radius 1 is 0.388 bits per heavy atom. The smallest absolute Gasteiger partial charge is 0.0541 e. The minimum absolute atomic E-state index is 0.0370. The van der Waals surface area contributed by atoms with Crippen molar-refractivity contribution >= 4 is 60.4 Å². The van der Waals surface area contributed by atoms with Gasteiger partial charge in [-0.25, -0.2) is 0 Å². The number of allylic oxidation sites excluding steroid dienone is 4. The van der Waals surface area contributed by atoms with Crippen molar-refractivity contribution in [3.8, 4) is 39.1 Å². The van der Waals surface area contributed by atoms with E-state index in [1.807, 2.05) is 0 Å². The van der Waals surface area contributed by atoms with Gasteiger partial charge in [0, 0.05) is 39.4 Å². The van der Waals surface area contributed by atoms with E-state index in [0.717, 1.165) is 17.1 Å². The summed E-state index contributed by atoms with van der Waals surface area (Å²) >= 11 is 0. The average Bonchev–Trinajstić information content (AvgIpc) is 3.84. The van der Waals surface area contributed by atoms with Crippen molar-refractivity contribution in [2.24, 2.45) is 5.92 Å². The molecular formula is C65H48N2. The molecule has 0 bridgehead atoms. The van der Waals surface area contributed by atoms with Crippen LogP contribution in [0.15, 0.2) is 243 Å². The summed E-state index contributed by atoms with van der Waals surface area (Å²) in [6.07, 6.45) is 9.22. The molecule has 2 aliphatic carbocycles. The third-order valence-corrected chi connectivity index (χ3v) is 14.9. The molecule has 67 heavy (non-hydrogen) atoms. The second-order valence-corrected chi connectivity index (χ2v) is 18.9. The van der Waals surface area contributed by atoms with E-state index in [4.69, 9.17) is 0 Å². The van der Waals surface area contributed by atoms with E-state index in [1.165, 1.54) is 93.5 Å². The molecule has 0 amide bonds. The molecule has 318 valence electrons. The van der Waals surface area contributed by atoms with Crippen LogP contribution in [0.2, 0.25) is 0 Å². The highest BCUT2D eigenvalue weighted by molar-refractivity contribution is 6.21. The lowest BCUT2D eigenvalue weighted by atomic mass is 9.74. The Balaban J connectivity index is 0.870. The third kappa shape index (κ3) is 6.24. The fraction of sp³-hybridized carbons (Fsp3) is 0.0769. The summed E-state index contributed by atoms with van der Waals surface area (Å²) in [6.45, 7) is 4.82. The van der Waals surface area contributed by atoms with Gasteiger partial charge in [0.1, 0.15) is 0 Å². The Hall–Kier alpha value is -8.20. The summed E-state index contributed by atoms with van der Waals surface area (Å²) in [5.74, 6) is 0.896. The monoisotopic (exact) mass is 856 g/mol. The highest BCUT2D eigenvalue weighted by Gasteiger charge is 2.44. The van der Waals surface area contributed by atoms with Gasteiger partial charge in [-0.1, -0.05) is 190 Å². The molecule has 11 aromatic rings.